The third kappa shape index (κ3) is 3.37. The fourth-order valence-electron chi connectivity index (χ4n) is 2.80. The van der Waals surface area contributed by atoms with E-state index in [0.717, 1.165) is 43.1 Å². The third-order valence-corrected chi connectivity index (χ3v) is 4.32. The number of piperidine rings is 1. The Bertz CT molecular complexity index is 476. The summed E-state index contributed by atoms with van der Waals surface area (Å²) in [5.74, 6) is 1.07. The van der Waals surface area contributed by atoms with Gasteiger partial charge in [-0.2, -0.15) is 0 Å². The van der Waals surface area contributed by atoms with Crippen molar-refractivity contribution in [1.29, 1.82) is 0 Å². The highest BCUT2D eigenvalue weighted by Crippen LogP contribution is 2.28. The normalized spacial score (nSPS) is 20.1. The number of amides is 1. The zero-order valence-corrected chi connectivity index (χ0v) is 12.1. The highest BCUT2D eigenvalue weighted by atomic mass is 16.2. The smallest absolute Gasteiger partial charge is 0.253 e. The molecule has 4 nitrogen and oxygen atoms in total. The van der Waals surface area contributed by atoms with Crippen LogP contribution < -0.4 is 5.32 Å². The number of hydrogen-bond acceptors (Lipinski definition) is 3. The summed E-state index contributed by atoms with van der Waals surface area (Å²) in [5.41, 5.74) is 1.67. The van der Waals surface area contributed by atoms with Crippen molar-refractivity contribution < 1.29 is 4.79 Å². The summed E-state index contributed by atoms with van der Waals surface area (Å²) in [7, 11) is 0. The van der Waals surface area contributed by atoms with Crippen LogP contribution in [0.1, 0.15) is 41.7 Å². The zero-order valence-electron chi connectivity index (χ0n) is 12.1. The van der Waals surface area contributed by atoms with Gasteiger partial charge in [0.15, 0.2) is 0 Å². The Balaban J connectivity index is 1.50. The Morgan fingerprint density at radius 3 is 2.75 bits per heavy atom. The zero-order chi connectivity index (χ0) is 13.9. The molecule has 3 rings (SSSR count). The van der Waals surface area contributed by atoms with Gasteiger partial charge in [0, 0.05) is 36.6 Å². The predicted octanol–water partition coefficient (Wildman–Crippen LogP) is 1.99. The molecule has 1 aromatic heterocycles. The number of nitrogens with zero attached hydrogens (tertiary/aromatic N) is 2. The van der Waals surface area contributed by atoms with Gasteiger partial charge in [-0.3, -0.25) is 9.78 Å². The number of nitrogens with one attached hydrogen (secondary N) is 1. The minimum atomic E-state index is 0.149. The molecule has 108 valence electrons. The minimum absolute atomic E-state index is 0.149. The summed E-state index contributed by atoms with van der Waals surface area (Å²) in [6.45, 7) is 4.82. The van der Waals surface area contributed by atoms with E-state index in [1.807, 2.05) is 24.0 Å². The van der Waals surface area contributed by atoms with E-state index >= 15 is 0 Å². The first-order chi connectivity index (χ1) is 9.72. The average Bonchev–Trinajstić information content (AvgIpc) is 3.29. The molecule has 0 radical (unpaired) electrons. The Kier molecular flexibility index (Phi) is 4.01. The van der Waals surface area contributed by atoms with Crippen LogP contribution >= 0.6 is 0 Å². The van der Waals surface area contributed by atoms with Crippen molar-refractivity contribution in [3.63, 3.8) is 0 Å². The van der Waals surface area contributed by atoms with E-state index in [4.69, 9.17) is 0 Å². The second-order valence-electron chi connectivity index (χ2n) is 6.10. The second kappa shape index (κ2) is 5.92. The number of carbonyl (C=O) groups excluding carboxylic acids is 1. The van der Waals surface area contributed by atoms with E-state index in [0.29, 0.717) is 6.04 Å². The van der Waals surface area contributed by atoms with E-state index in [2.05, 4.69) is 10.3 Å². The molecular formula is C16H23N3O. The molecule has 1 N–H and O–H groups in total. The maximum absolute atomic E-state index is 12.4. The number of carbonyl (C=O) groups is 1. The van der Waals surface area contributed by atoms with Gasteiger partial charge in [-0.25, -0.2) is 0 Å². The molecule has 2 heterocycles. The highest BCUT2D eigenvalue weighted by molar-refractivity contribution is 5.94. The molecule has 1 saturated carbocycles. The molecule has 1 amide bonds. The van der Waals surface area contributed by atoms with Crippen molar-refractivity contribution in [3.8, 4) is 0 Å². The van der Waals surface area contributed by atoms with Crippen molar-refractivity contribution in [2.75, 3.05) is 19.6 Å². The van der Waals surface area contributed by atoms with Crippen LogP contribution in [0.2, 0.25) is 0 Å². The topological polar surface area (TPSA) is 45.2 Å². The van der Waals surface area contributed by atoms with Crippen LogP contribution in [-0.2, 0) is 0 Å². The maximum Gasteiger partial charge on any atom is 0.253 e. The van der Waals surface area contributed by atoms with E-state index < -0.39 is 0 Å². The van der Waals surface area contributed by atoms with Crippen LogP contribution in [-0.4, -0.2) is 41.5 Å². The largest absolute Gasteiger partial charge is 0.339 e. The van der Waals surface area contributed by atoms with Gasteiger partial charge in [0.25, 0.3) is 5.91 Å². The van der Waals surface area contributed by atoms with Gasteiger partial charge in [0.05, 0.1) is 0 Å². The van der Waals surface area contributed by atoms with Crippen LogP contribution in [0.4, 0.5) is 0 Å². The molecule has 4 heteroatoms. The number of likely N-dealkylation sites (tertiary alicyclic amines) is 1. The molecule has 2 aliphatic rings. The highest BCUT2D eigenvalue weighted by Gasteiger charge is 2.26. The lowest BCUT2D eigenvalue weighted by Gasteiger charge is -2.32. The number of hydrogen-bond donors (Lipinski definition) is 1. The summed E-state index contributed by atoms with van der Waals surface area (Å²) in [4.78, 5) is 18.5. The first kappa shape index (κ1) is 13.6. The lowest BCUT2D eigenvalue weighted by molar-refractivity contribution is 0.0704. The van der Waals surface area contributed by atoms with E-state index in [-0.39, 0.29) is 5.91 Å². The van der Waals surface area contributed by atoms with E-state index in [1.165, 1.54) is 19.4 Å². The number of rotatable bonds is 4. The van der Waals surface area contributed by atoms with Gasteiger partial charge >= 0.3 is 0 Å². The quantitative estimate of drug-likeness (QED) is 0.912. The van der Waals surface area contributed by atoms with Gasteiger partial charge in [-0.1, -0.05) is 0 Å². The summed E-state index contributed by atoms with van der Waals surface area (Å²) in [6.07, 6.45) is 6.65. The molecular weight excluding hydrogens is 250 g/mol. The van der Waals surface area contributed by atoms with Crippen molar-refractivity contribution in [3.05, 3.63) is 29.6 Å². The van der Waals surface area contributed by atoms with E-state index in [9.17, 15) is 4.79 Å². The van der Waals surface area contributed by atoms with Gasteiger partial charge in [-0.05, 0) is 57.2 Å². The molecule has 2 fully saturated rings. The summed E-state index contributed by atoms with van der Waals surface area (Å²) in [6, 6.07) is 4.28. The Hall–Kier alpha value is -1.42. The first-order valence-electron chi connectivity index (χ1n) is 7.67. The van der Waals surface area contributed by atoms with Crippen molar-refractivity contribution in [2.45, 2.75) is 38.6 Å². The van der Waals surface area contributed by atoms with Crippen LogP contribution in [0.25, 0.3) is 0 Å². The minimum Gasteiger partial charge on any atom is -0.339 e. The molecule has 20 heavy (non-hydrogen) atoms. The average molecular weight is 273 g/mol. The molecule has 0 spiro atoms. The van der Waals surface area contributed by atoms with Crippen molar-refractivity contribution in [2.24, 2.45) is 5.92 Å². The molecule has 0 atom stereocenters. The van der Waals surface area contributed by atoms with Gasteiger partial charge in [-0.15, -0.1) is 0 Å². The van der Waals surface area contributed by atoms with Gasteiger partial charge < -0.3 is 10.2 Å². The Labute approximate surface area is 120 Å². The lowest BCUT2D eigenvalue weighted by Crippen LogP contribution is -2.45. The van der Waals surface area contributed by atoms with E-state index in [1.54, 1.807) is 6.20 Å². The van der Waals surface area contributed by atoms with Crippen molar-refractivity contribution >= 4 is 5.91 Å². The fraction of sp³-hybridized carbons (Fsp3) is 0.625. The van der Waals surface area contributed by atoms with Gasteiger partial charge in [0.1, 0.15) is 0 Å². The Morgan fingerprint density at radius 1 is 1.35 bits per heavy atom. The third-order valence-electron chi connectivity index (χ3n) is 4.32. The van der Waals surface area contributed by atoms with Crippen LogP contribution in [0, 0.1) is 12.8 Å². The predicted molar refractivity (Wildman–Crippen MR) is 78.6 cm³/mol. The van der Waals surface area contributed by atoms with Crippen LogP contribution in [0.5, 0.6) is 0 Å². The number of pyridine rings is 1. The van der Waals surface area contributed by atoms with Gasteiger partial charge in [0.2, 0.25) is 0 Å². The first-order valence-corrected chi connectivity index (χ1v) is 7.67. The maximum atomic E-state index is 12.4. The summed E-state index contributed by atoms with van der Waals surface area (Å²) in [5, 5.41) is 3.64. The SMILES string of the molecule is Cc1cc(C(=O)N2CCC(NCC3CC3)CC2)ccn1. The molecule has 1 aliphatic heterocycles. The molecule has 1 saturated heterocycles. The summed E-state index contributed by atoms with van der Waals surface area (Å²) >= 11 is 0. The fourth-order valence-corrected chi connectivity index (χ4v) is 2.80. The molecule has 0 unspecified atom stereocenters. The Morgan fingerprint density at radius 2 is 2.10 bits per heavy atom. The molecule has 1 aliphatic carbocycles. The van der Waals surface area contributed by atoms with Crippen LogP contribution in [0.3, 0.4) is 0 Å². The lowest BCUT2D eigenvalue weighted by atomic mass is 10.0. The van der Waals surface area contributed by atoms with Crippen molar-refractivity contribution in [1.82, 2.24) is 15.2 Å². The van der Waals surface area contributed by atoms with Crippen LogP contribution in [0.15, 0.2) is 18.3 Å². The summed E-state index contributed by atoms with van der Waals surface area (Å²) < 4.78 is 0. The number of aryl methyl sites for hydroxylation is 1. The molecule has 1 aromatic rings. The monoisotopic (exact) mass is 273 g/mol. The molecule has 0 bridgehead atoms. The molecule has 0 aromatic carbocycles. The number of aromatic nitrogens is 1. The standard InChI is InChI=1S/C16H23N3O/c1-12-10-14(4-7-17-12)16(20)19-8-5-15(6-9-19)18-11-13-2-3-13/h4,7,10,13,15,18H,2-3,5-6,8-9,11H2,1H3. The second-order valence-corrected chi connectivity index (χ2v) is 6.10.